The number of carbonyl (C=O) groups is 1. The van der Waals surface area contributed by atoms with Crippen molar-refractivity contribution >= 4 is 5.91 Å². The Bertz CT molecular complexity index is 617. The van der Waals surface area contributed by atoms with E-state index >= 15 is 0 Å². The van der Waals surface area contributed by atoms with Gasteiger partial charge in [-0.2, -0.15) is 0 Å². The fourth-order valence-corrected chi connectivity index (χ4v) is 5.56. The zero-order valence-electron chi connectivity index (χ0n) is 17.4. The molecule has 5 saturated heterocycles. The SMILES string of the molecule is NC1NN2CC(F)CNC2C1C(=O)NC1CNCCC1N1CCN(C2COC2)CC1. The van der Waals surface area contributed by atoms with E-state index in [0.29, 0.717) is 12.1 Å². The molecule has 0 saturated carbocycles. The third-order valence-electron chi connectivity index (χ3n) is 7.35. The first kappa shape index (κ1) is 21.0. The fraction of sp³-hybridized carbons (Fsp3) is 0.947. The molecule has 0 radical (unpaired) electrons. The summed E-state index contributed by atoms with van der Waals surface area (Å²) >= 11 is 0. The summed E-state index contributed by atoms with van der Waals surface area (Å²) in [7, 11) is 0. The number of hydrazine groups is 1. The summed E-state index contributed by atoms with van der Waals surface area (Å²) in [6, 6.07) is 0.955. The van der Waals surface area contributed by atoms with E-state index in [0.717, 1.165) is 58.9 Å². The number of alkyl halides is 1. The number of carbonyl (C=O) groups excluding carboxylic acids is 1. The predicted octanol–water partition coefficient (Wildman–Crippen LogP) is -3.16. The average molecular weight is 427 g/mol. The maximum atomic E-state index is 13.7. The van der Waals surface area contributed by atoms with Crippen LogP contribution in [0.1, 0.15) is 6.42 Å². The summed E-state index contributed by atoms with van der Waals surface area (Å²) in [4.78, 5) is 18.3. The fourth-order valence-electron chi connectivity index (χ4n) is 5.56. The van der Waals surface area contributed by atoms with Crippen molar-refractivity contribution < 1.29 is 13.9 Å². The highest BCUT2D eigenvalue weighted by atomic mass is 19.1. The maximum Gasteiger partial charge on any atom is 0.229 e. The lowest BCUT2D eigenvalue weighted by molar-refractivity contribution is -0.128. The van der Waals surface area contributed by atoms with Gasteiger partial charge in [0.05, 0.1) is 43.5 Å². The van der Waals surface area contributed by atoms with Gasteiger partial charge in [0.1, 0.15) is 6.17 Å². The van der Waals surface area contributed by atoms with Gasteiger partial charge in [-0.25, -0.2) is 14.8 Å². The Morgan fingerprint density at radius 3 is 2.63 bits per heavy atom. The van der Waals surface area contributed by atoms with Crippen LogP contribution < -0.4 is 27.1 Å². The molecule has 5 aliphatic heterocycles. The van der Waals surface area contributed by atoms with Crippen molar-refractivity contribution in [1.82, 2.24) is 36.2 Å². The molecule has 5 fully saturated rings. The van der Waals surface area contributed by atoms with Gasteiger partial charge in [0.2, 0.25) is 5.91 Å². The second kappa shape index (κ2) is 8.91. The van der Waals surface area contributed by atoms with Gasteiger partial charge < -0.3 is 21.1 Å². The normalized spacial score (nSPS) is 41.9. The number of rotatable bonds is 4. The number of piperidine rings is 1. The number of hydrogen-bond donors (Lipinski definition) is 5. The van der Waals surface area contributed by atoms with E-state index in [-0.39, 0.29) is 31.2 Å². The monoisotopic (exact) mass is 426 g/mol. The standard InChI is InChI=1S/C19H35FN8O2/c20-12-7-23-18-16(17(21)25-28(18)9-12)19(29)24-14-8-22-2-1-15(14)27-5-3-26(4-6-27)13-10-30-11-13/h12-18,22-23,25H,1-11,21H2,(H,24,29). The first-order valence-corrected chi connectivity index (χ1v) is 11.3. The van der Waals surface area contributed by atoms with Crippen molar-refractivity contribution in [1.29, 1.82) is 0 Å². The van der Waals surface area contributed by atoms with Crippen LogP contribution in [-0.2, 0) is 9.53 Å². The Labute approximate surface area is 177 Å². The highest BCUT2D eigenvalue weighted by molar-refractivity contribution is 5.81. The molecule has 0 bridgehead atoms. The van der Waals surface area contributed by atoms with Crippen molar-refractivity contribution in [3.63, 3.8) is 0 Å². The number of piperazine rings is 1. The Morgan fingerprint density at radius 2 is 1.90 bits per heavy atom. The number of ether oxygens (including phenoxy) is 1. The number of nitrogens with zero attached hydrogens (tertiary/aromatic N) is 3. The molecule has 5 aliphatic rings. The van der Waals surface area contributed by atoms with Gasteiger partial charge in [-0.15, -0.1) is 0 Å². The molecule has 11 heteroatoms. The third kappa shape index (κ3) is 4.09. The van der Waals surface area contributed by atoms with Gasteiger partial charge in [-0.05, 0) is 13.0 Å². The molecule has 0 aromatic heterocycles. The van der Waals surface area contributed by atoms with E-state index < -0.39 is 18.3 Å². The predicted molar refractivity (Wildman–Crippen MR) is 109 cm³/mol. The molecular weight excluding hydrogens is 391 g/mol. The largest absolute Gasteiger partial charge is 0.378 e. The lowest BCUT2D eigenvalue weighted by Gasteiger charge is -2.47. The molecule has 5 rings (SSSR count). The van der Waals surface area contributed by atoms with Gasteiger partial charge in [-0.1, -0.05) is 0 Å². The Morgan fingerprint density at radius 1 is 1.13 bits per heavy atom. The van der Waals surface area contributed by atoms with Crippen molar-refractivity contribution in [2.45, 2.75) is 43.0 Å². The molecular formula is C19H35FN8O2. The number of halogens is 1. The molecule has 0 aliphatic carbocycles. The van der Waals surface area contributed by atoms with E-state index in [2.05, 4.69) is 31.2 Å². The van der Waals surface area contributed by atoms with Crippen LogP contribution in [-0.4, -0.2) is 123 Å². The number of nitrogens with one attached hydrogen (secondary N) is 4. The van der Waals surface area contributed by atoms with E-state index in [1.807, 2.05) is 0 Å². The van der Waals surface area contributed by atoms with Gasteiger partial charge in [-0.3, -0.25) is 19.9 Å². The first-order chi connectivity index (χ1) is 14.6. The summed E-state index contributed by atoms with van der Waals surface area (Å²) < 4.78 is 19.0. The summed E-state index contributed by atoms with van der Waals surface area (Å²) in [6.07, 6.45) is -0.727. The minimum Gasteiger partial charge on any atom is -0.378 e. The topological polar surface area (TPSA) is 110 Å². The smallest absolute Gasteiger partial charge is 0.229 e. The van der Waals surface area contributed by atoms with Crippen molar-refractivity contribution in [3.05, 3.63) is 0 Å². The van der Waals surface area contributed by atoms with Crippen LogP contribution >= 0.6 is 0 Å². The van der Waals surface area contributed by atoms with E-state index in [1.165, 1.54) is 0 Å². The molecule has 10 nitrogen and oxygen atoms in total. The van der Waals surface area contributed by atoms with Gasteiger partial charge in [0.25, 0.3) is 0 Å². The second-order valence-electron chi connectivity index (χ2n) is 9.22. The lowest BCUT2D eigenvalue weighted by atomic mass is 9.95. The summed E-state index contributed by atoms with van der Waals surface area (Å²) in [5.74, 6) is -0.508. The molecule has 6 N–H and O–H groups in total. The van der Waals surface area contributed by atoms with Gasteiger partial charge >= 0.3 is 0 Å². The lowest BCUT2D eigenvalue weighted by Crippen LogP contribution is -2.65. The van der Waals surface area contributed by atoms with Crippen LogP contribution in [0.3, 0.4) is 0 Å². The number of nitrogens with two attached hydrogens (primary N) is 1. The highest BCUT2D eigenvalue weighted by Crippen LogP contribution is 2.23. The van der Waals surface area contributed by atoms with Crippen LogP contribution in [0.5, 0.6) is 0 Å². The minimum atomic E-state index is -0.958. The van der Waals surface area contributed by atoms with Crippen molar-refractivity contribution in [3.8, 4) is 0 Å². The van der Waals surface area contributed by atoms with E-state index in [4.69, 9.17) is 10.5 Å². The van der Waals surface area contributed by atoms with E-state index in [9.17, 15) is 9.18 Å². The maximum absolute atomic E-state index is 13.7. The minimum absolute atomic E-state index is 0.0450. The number of amides is 1. The Hall–Kier alpha value is -0.920. The van der Waals surface area contributed by atoms with Gasteiger partial charge in [0, 0.05) is 51.9 Å². The van der Waals surface area contributed by atoms with Crippen LogP contribution in [0, 0.1) is 5.92 Å². The molecule has 30 heavy (non-hydrogen) atoms. The van der Waals surface area contributed by atoms with Crippen LogP contribution in [0.4, 0.5) is 4.39 Å². The molecule has 6 atom stereocenters. The molecule has 1 amide bonds. The van der Waals surface area contributed by atoms with Crippen molar-refractivity contribution in [2.75, 3.05) is 65.6 Å². The molecule has 6 unspecified atom stereocenters. The summed E-state index contributed by atoms with van der Waals surface area (Å²) in [6.45, 7) is 8.10. The molecule has 0 aromatic rings. The molecule has 0 aromatic carbocycles. The second-order valence-corrected chi connectivity index (χ2v) is 9.22. The van der Waals surface area contributed by atoms with Crippen LogP contribution in [0.25, 0.3) is 0 Å². The van der Waals surface area contributed by atoms with Gasteiger partial charge in [0.15, 0.2) is 0 Å². The molecule has 170 valence electrons. The summed E-state index contributed by atoms with van der Waals surface area (Å²) in [5.41, 5.74) is 9.27. The summed E-state index contributed by atoms with van der Waals surface area (Å²) in [5, 5.41) is 11.6. The first-order valence-electron chi connectivity index (χ1n) is 11.3. The zero-order valence-corrected chi connectivity index (χ0v) is 17.4. The highest BCUT2D eigenvalue weighted by Gasteiger charge is 2.48. The molecule has 0 spiro atoms. The third-order valence-corrected chi connectivity index (χ3v) is 7.35. The van der Waals surface area contributed by atoms with Crippen molar-refractivity contribution in [2.24, 2.45) is 11.7 Å². The van der Waals surface area contributed by atoms with Crippen LogP contribution in [0.2, 0.25) is 0 Å². The zero-order chi connectivity index (χ0) is 20.7. The Kier molecular flexibility index (Phi) is 6.22. The number of hydrogen-bond acceptors (Lipinski definition) is 9. The average Bonchev–Trinajstić information content (AvgIpc) is 3.02. The van der Waals surface area contributed by atoms with Crippen LogP contribution in [0.15, 0.2) is 0 Å². The van der Waals surface area contributed by atoms with E-state index in [1.54, 1.807) is 5.01 Å². The number of fused-ring (bicyclic) bond motifs is 1. The Balaban J connectivity index is 1.19. The molecule has 5 heterocycles. The quantitative estimate of drug-likeness (QED) is 0.318.